The summed E-state index contributed by atoms with van der Waals surface area (Å²) in [6.07, 6.45) is 0. The van der Waals surface area contributed by atoms with Gasteiger partial charge in [0.05, 0.1) is 0 Å². The fourth-order valence-electron chi connectivity index (χ4n) is 0.637. The summed E-state index contributed by atoms with van der Waals surface area (Å²) in [6, 6.07) is 0. The van der Waals surface area contributed by atoms with Crippen molar-refractivity contribution in [2.75, 3.05) is 5.32 Å². The zero-order chi connectivity index (χ0) is 10.0. The maximum Gasteiger partial charge on any atom is 0.356 e. The molecule has 70 valence electrons. The molecular formula is C6H5BrN2O3S. The standard InChI is InChI=1S/C6H5BrN2O3S/c1-2(10)8-6-9-3(5(11)12)4(7)13-6/h1H3,(H,11,12)(H,8,9,10). The molecule has 1 heterocycles. The number of nitrogens with zero attached hydrogens (tertiary/aromatic N) is 1. The second-order valence-corrected chi connectivity index (χ2v) is 4.44. The molecule has 5 nitrogen and oxygen atoms in total. The van der Waals surface area contributed by atoms with Crippen molar-refractivity contribution in [2.24, 2.45) is 0 Å². The third-order valence-corrected chi connectivity index (χ3v) is 2.69. The molecule has 0 bridgehead atoms. The number of aromatic carboxylic acids is 1. The summed E-state index contributed by atoms with van der Waals surface area (Å²) in [5.74, 6) is -1.40. The molecule has 0 fully saturated rings. The van der Waals surface area contributed by atoms with E-state index in [-0.39, 0.29) is 16.7 Å². The van der Waals surface area contributed by atoms with Crippen molar-refractivity contribution in [2.45, 2.75) is 6.92 Å². The van der Waals surface area contributed by atoms with Gasteiger partial charge in [0.25, 0.3) is 0 Å². The number of aromatic nitrogens is 1. The Labute approximate surface area is 85.9 Å². The van der Waals surface area contributed by atoms with Crippen molar-refractivity contribution in [3.05, 3.63) is 9.48 Å². The van der Waals surface area contributed by atoms with Crippen LogP contribution in [0.4, 0.5) is 5.13 Å². The van der Waals surface area contributed by atoms with Gasteiger partial charge in [-0.3, -0.25) is 4.79 Å². The Hall–Kier alpha value is -0.950. The third-order valence-electron chi connectivity index (χ3n) is 1.07. The van der Waals surface area contributed by atoms with Gasteiger partial charge in [-0.25, -0.2) is 9.78 Å². The Kier molecular flexibility index (Phi) is 2.99. The molecule has 0 unspecified atom stereocenters. The number of thiazole rings is 1. The molecule has 7 heteroatoms. The number of carboxylic acid groups (broad SMARTS) is 1. The summed E-state index contributed by atoms with van der Waals surface area (Å²) in [5.41, 5.74) is -0.0891. The number of hydrogen-bond acceptors (Lipinski definition) is 4. The predicted molar refractivity (Wildman–Crippen MR) is 51.1 cm³/mol. The molecule has 0 saturated heterocycles. The van der Waals surface area contributed by atoms with Crippen molar-refractivity contribution >= 4 is 44.3 Å². The monoisotopic (exact) mass is 264 g/mol. The van der Waals surface area contributed by atoms with Crippen LogP contribution < -0.4 is 5.32 Å². The van der Waals surface area contributed by atoms with Gasteiger partial charge >= 0.3 is 5.97 Å². The van der Waals surface area contributed by atoms with Crippen LogP contribution in [0.15, 0.2) is 3.79 Å². The normalized spacial score (nSPS) is 9.69. The minimum absolute atomic E-state index is 0.0891. The van der Waals surface area contributed by atoms with Crippen LogP contribution in [0.25, 0.3) is 0 Å². The molecule has 0 radical (unpaired) electrons. The van der Waals surface area contributed by atoms with Gasteiger partial charge in [0.1, 0.15) is 3.79 Å². The van der Waals surface area contributed by atoms with Crippen LogP contribution in [0.5, 0.6) is 0 Å². The van der Waals surface area contributed by atoms with Gasteiger partial charge in [0, 0.05) is 6.92 Å². The molecule has 0 aliphatic carbocycles. The summed E-state index contributed by atoms with van der Waals surface area (Å²) in [7, 11) is 0. The first-order valence-corrected chi connectivity index (χ1v) is 4.79. The second-order valence-electron chi connectivity index (χ2n) is 2.13. The highest BCUT2D eigenvalue weighted by Crippen LogP contribution is 2.28. The fourth-order valence-corrected chi connectivity index (χ4v) is 2.09. The van der Waals surface area contributed by atoms with Gasteiger partial charge in [-0.15, -0.1) is 0 Å². The Morgan fingerprint density at radius 1 is 1.62 bits per heavy atom. The van der Waals surface area contributed by atoms with E-state index in [1.165, 1.54) is 6.92 Å². The molecule has 1 amide bonds. The van der Waals surface area contributed by atoms with Crippen LogP contribution in [-0.2, 0) is 4.79 Å². The van der Waals surface area contributed by atoms with E-state index < -0.39 is 5.97 Å². The lowest BCUT2D eigenvalue weighted by molar-refractivity contribution is -0.114. The smallest absolute Gasteiger partial charge is 0.356 e. The fraction of sp³-hybridized carbons (Fsp3) is 0.167. The second kappa shape index (κ2) is 3.84. The number of anilines is 1. The molecule has 1 aromatic rings. The first-order valence-electron chi connectivity index (χ1n) is 3.18. The Bertz CT molecular complexity index is 363. The minimum Gasteiger partial charge on any atom is -0.476 e. The average Bonchev–Trinajstić information content (AvgIpc) is 2.29. The Morgan fingerprint density at radius 3 is 2.62 bits per heavy atom. The lowest BCUT2D eigenvalue weighted by atomic mass is 10.5. The van der Waals surface area contributed by atoms with Crippen LogP contribution in [0.3, 0.4) is 0 Å². The van der Waals surface area contributed by atoms with Crippen molar-refractivity contribution in [3.8, 4) is 0 Å². The maximum absolute atomic E-state index is 10.6. The van der Waals surface area contributed by atoms with Crippen molar-refractivity contribution in [3.63, 3.8) is 0 Å². The van der Waals surface area contributed by atoms with E-state index in [9.17, 15) is 9.59 Å². The van der Waals surface area contributed by atoms with Crippen LogP contribution in [0.1, 0.15) is 17.4 Å². The molecule has 0 atom stereocenters. The first-order chi connectivity index (χ1) is 6.00. The van der Waals surface area contributed by atoms with Gasteiger partial charge in [0.2, 0.25) is 5.91 Å². The van der Waals surface area contributed by atoms with Crippen LogP contribution in [0.2, 0.25) is 0 Å². The Morgan fingerprint density at radius 2 is 2.23 bits per heavy atom. The average molecular weight is 265 g/mol. The van der Waals surface area contributed by atoms with Crippen molar-refractivity contribution in [1.82, 2.24) is 4.98 Å². The van der Waals surface area contributed by atoms with E-state index in [2.05, 4.69) is 26.2 Å². The van der Waals surface area contributed by atoms with Gasteiger partial charge in [-0.05, 0) is 15.9 Å². The number of amides is 1. The number of nitrogens with one attached hydrogen (secondary N) is 1. The van der Waals surface area contributed by atoms with Crippen LogP contribution >= 0.6 is 27.3 Å². The van der Waals surface area contributed by atoms with Crippen LogP contribution in [0, 0.1) is 0 Å². The van der Waals surface area contributed by atoms with E-state index in [0.29, 0.717) is 3.79 Å². The summed E-state index contributed by atoms with van der Waals surface area (Å²) >= 11 is 4.10. The Balaban J connectivity index is 2.95. The van der Waals surface area contributed by atoms with Crippen LogP contribution in [-0.4, -0.2) is 22.0 Å². The van der Waals surface area contributed by atoms with Crippen molar-refractivity contribution < 1.29 is 14.7 Å². The van der Waals surface area contributed by atoms with E-state index in [4.69, 9.17) is 5.11 Å². The SMILES string of the molecule is CC(=O)Nc1nc(C(=O)O)c(Br)s1. The third kappa shape index (κ3) is 2.49. The number of rotatable bonds is 2. The predicted octanol–water partition coefficient (Wildman–Crippen LogP) is 1.56. The minimum atomic E-state index is -1.13. The summed E-state index contributed by atoms with van der Waals surface area (Å²) in [4.78, 5) is 24.8. The molecule has 0 aliphatic rings. The van der Waals surface area contributed by atoms with E-state index in [1.807, 2.05) is 0 Å². The van der Waals surface area contributed by atoms with E-state index in [0.717, 1.165) is 11.3 Å². The number of hydrogen-bond donors (Lipinski definition) is 2. The summed E-state index contributed by atoms with van der Waals surface area (Å²) in [6.45, 7) is 1.33. The zero-order valence-corrected chi connectivity index (χ0v) is 8.90. The molecule has 0 saturated carbocycles. The highest BCUT2D eigenvalue weighted by Gasteiger charge is 2.15. The highest BCUT2D eigenvalue weighted by molar-refractivity contribution is 9.11. The number of carbonyl (C=O) groups is 2. The van der Waals surface area contributed by atoms with Gasteiger partial charge in [-0.1, -0.05) is 11.3 Å². The first kappa shape index (κ1) is 10.1. The largest absolute Gasteiger partial charge is 0.476 e. The summed E-state index contributed by atoms with van der Waals surface area (Å²) < 4.78 is 0.392. The molecule has 2 N–H and O–H groups in total. The van der Waals surface area contributed by atoms with Crippen molar-refractivity contribution in [1.29, 1.82) is 0 Å². The molecule has 0 aromatic carbocycles. The molecule has 1 aromatic heterocycles. The van der Waals surface area contributed by atoms with Gasteiger partial charge in [-0.2, -0.15) is 0 Å². The quantitative estimate of drug-likeness (QED) is 0.850. The lowest BCUT2D eigenvalue weighted by Gasteiger charge is -1.91. The lowest BCUT2D eigenvalue weighted by Crippen LogP contribution is -2.06. The molecule has 0 aliphatic heterocycles. The number of carbonyl (C=O) groups excluding carboxylic acids is 1. The zero-order valence-electron chi connectivity index (χ0n) is 6.50. The van der Waals surface area contributed by atoms with E-state index >= 15 is 0 Å². The molecule has 0 spiro atoms. The number of halogens is 1. The molecule has 1 rings (SSSR count). The topological polar surface area (TPSA) is 79.3 Å². The number of carboxylic acids is 1. The van der Waals surface area contributed by atoms with Gasteiger partial charge < -0.3 is 10.4 Å². The molecule has 13 heavy (non-hydrogen) atoms. The maximum atomic E-state index is 10.6. The van der Waals surface area contributed by atoms with E-state index in [1.54, 1.807) is 0 Å². The highest BCUT2D eigenvalue weighted by atomic mass is 79.9. The molecular weight excluding hydrogens is 260 g/mol. The van der Waals surface area contributed by atoms with Gasteiger partial charge in [0.15, 0.2) is 10.8 Å². The summed E-state index contributed by atoms with van der Waals surface area (Å²) in [5, 5.41) is 11.3.